The third-order valence-corrected chi connectivity index (χ3v) is 3.39. The zero-order valence-electron chi connectivity index (χ0n) is 10.7. The number of anilines is 1. The molecule has 2 aromatic carbocycles. The smallest absolute Gasteiger partial charge is 0.221 e. The summed E-state index contributed by atoms with van der Waals surface area (Å²) >= 11 is 1.36. The summed E-state index contributed by atoms with van der Waals surface area (Å²) in [5, 5.41) is 11.5. The maximum Gasteiger partial charge on any atom is 0.221 e. The summed E-state index contributed by atoms with van der Waals surface area (Å²) in [6.07, 6.45) is 0. The Bertz CT molecular complexity index is 677. The van der Waals surface area contributed by atoms with E-state index in [4.69, 9.17) is 5.26 Å². The first-order chi connectivity index (χ1) is 9.56. The van der Waals surface area contributed by atoms with Gasteiger partial charge in [-0.05, 0) is 42.5 Å². The van der Waals surface area contributed by atoms with E-state index in [-0.39, 0.29) is 5.91 Å². The second-order valence-electron chi connectivity index (χ2n) is 4.10. The number of amides is 1. The molecule has 0 aliphatic heterocycles. The Labute approximate surface area is 120 Å². The summed E-state index contributed by atoms with van der Waals surface area (Å²) in [6, 6.07) is 13.3. The quantitative estimate of drug-likeness (QED) is 0.933. The van der Waals surface area contributed by atoms with Crippen LogP contribution in [0.2, 0.25) is 0 Å². The topological polar surface area (TPSA) is 52.9 Å². The molecule has 2 aromatic rings. The number of halogens is 1. The Balaban J connectivity index is 2.16. The Morgan fingerprint density at radius 1 is 1.20 bits per heavy atom. The van der Waals surface area contributed by atoms with Crippen LogP contribution in [0.5, 0.6) is 0 Å². The van der Waals surface area contributed by atoms with Gasteiger partial charge < -0.3 is 5.32 Å². The fraction of sp³-hybridized carbons (Fsp3) is 0.0667. The van der Waals surface area contributed by atoms with Crippen LogP contribution in [-0.4, -0.2) is 5.91 Å². The van der Waals surface area contributed by atoms with Crippen LogP contribution in [0.1, 0.15) is 12.5 Å². The van der Waals surface area contributed by atoms with E-state index in [1.165, 1.54) is 30.8 Å². The molecule has 0 unspecified atom stereocenters. The van der Waals surface area contributed by atoms with Crippen molar-refractivity contribution in [1.82, 2.24) is 0 Å². The third-order valence-electron chi connectivity index (χ3n) is 2.41. The van der Waals surface area contributed by atoms with Gasteiger partial charge in [0.15, 0.2) is 0 Å². The molecule has 100 valence electrons. The van der Waals surface area contributed by atoms with Crippen molar-refractivity contribution < 1.29 is 9.18 Å². The molecule has 0 radical (unpaired) electrons. The highest BCUT2D eigenvalue weighted by molar-refractivity contribution is 7.99. The van der Waals surface area contributed by atoms with Crippen molar-refractivity contribution in [1.29, 1.82) is 5.26 Å². The molecule has 20 heavy (non-hydrogen) atoms. The van der Waals surface area contributed by atoms with Gasteiger partial charge in [-0.2, -0.15) is 5.26 Å². The van der Waals surface area contributed by atoms with Gasteiger partial charge in [0.1, 0.15) is 5.82 Å². The number of hydrogen-bond donors (Lipinski definition) is 1. The van der Waals surface area contributed by atoms with Crippen LogP contribution in [0.3, 0.4) is 0 Å². The number of nitrogens with zero attached hydrogens (tertiary/aromatic N) is 1. The summed E-state index contributed by atoms with van der Waals surface area (Å²) in [6.45, 7) is 1.44. The lowest BCUT2D eigenvalue weighted by molar-refractivity contribution is -0.114. The number of hydrogen-bond acceptors (Lipinski definition) is 3. The molecule has 1 N–H and O–H groups in total. The second kappa shape index (κ2) is 6.22. The van der Waals surface area contributed by atoms with Crippen molar-refractivity contribution in [2.75, 3.05) is 5.32 Å². The molecule has 0 atom stereocenters. The summed E-state index contributed by atoms with van der Waals surface area (Å²) in [5.74, 6) is -0.560. The van der Waals surface area contributed by atoms with Gasteiger partial charge in [-0.15, -0.1) is 0 Å². The SMILES string of the molecule is CC(=O)Nc1ccc(Sc2cc(F)cc(C#N)c2)cc1. The molecule has 5 heteroatoms. The number of nitriles is 1. The minimum Gasteiger partial charge on any atom is -0.326 e. The molecule has 0 aliphatic rings. The van der Waals surface area contributed by atoms with Crippen molar-refractivity contribution in [2.24, 2.45) is 0 Å². The van der Waals surface area contributed by atoms with Gasteiger partial charge in [0.2, 0.25) is 5.91 Å². The molecule has 2 rings (SSSR count). The largest absolute Gasteiger partial charge is 0.326 e. The van der Waals surface area contributed by atoms with E-state index >= 15 is 0 Å². The van der Waals surface area contributed by atoms with E-state index in [0.29, 0.717) is 16.1 Å². The van der Waals surface area contributed by atoms with Gasteiger partial charge in [-0.1, -0.05) is 11.8 Å². The molecular weight excluding hydrogens is 275 g/mol. The molecular formula is C15H11FN2OS. The third kappa shape index (κ3) is 3.84. The van der Waals surface area contributed by atoms with Gasteiger partial charge in [-0.25, -0.2) is 4.39 Å². The van der Waals surface area contributed by atoms with Gasteiger partial charge in [0, 0.05) is 22.4 Å². The molecule has 0 spiro atoms. The van der Waals surface area contributed by atoms with Crippen molar-refractivity contribution >= 4 is 23.4 Å². The lowest BCUT2D eigenvalue weighted by Crippen LogP contribution is -2.05. The molecule has 0 saturated heterocycles. The zero-order chi connectivity index (χ0) is 14.5. The first-order valence-corrected chi connectivity index (χ1v) is 6.64. The van der Waals surface area contributed by atoms with Gasteiger partial charge in [0.05, 0.1) is 11.6 Å². The number of carbonyl (C=O) groups excluding carboxylic acids is 1. The van der Waals surface area contributed by atoms with Crippen LogP contribution >= 0.6 is 11.8 Å². The fourth-order valence-corrected chi connectivity index (χ4v) is 2.53. The van der Waals surface area contributed by atoms with Crippen LogP contribution < -0.4 is 5.32 Å². The summed E-state index contributed by atoms with van der Waals surface area (Å²) in [5.41, 5.74) is 1.00. The summed E-state index contributed by atoms with van der Waals surface area (Å²) in [7, 11) is 0. The van der Waals surface area contributed by atoms with Crippen molar-refractivity contribution in [3.05, 3.63) is 53.8 Å². The minimum absolute atomic E-state index is 0.130. The first-order valence-electron chi connectivity index (χ1n) is 5.83. The summed E-state index contributed by atoms with van der Waals surface area (Å²) in [4.78, 5) is 12.5. The van der Waals surface area contributed by atoms with Crippen LogP contribution in [-0.2, 0) is 4.79 Å². The molecule has 0 fully saturated rings. The van der Waals surface area contributed by atoms with Gasteiger partial charge in [0.25, 0.3) is 0 Å². The van der Waals surface area contributed by atoms with Crippen molar-refractivity contribution in [3.8, 4) is 6.07 Å². The van der Waals surface area contributed by atoms with E-state index in [1.807, 2.05) is 18.2 Å². The predicted octanol–water partition coefficient (Wildman–Crippen LogP) is 3.81. The molecule has 0 aromatic heterocycles. The highest BCUT2D eigenvalue weighted by atomic mass is 32.2. The first kappa shape index (κ1) is 14.1. The van der Waals surface area contributed by atoms with Crippen LogP contribution in [0.15, 0.2) is 52.3 Å². The molecule has 0 bridgehead atoms. The lowest BCUT2D eigenvalue weighted by atomic mass is 10.2. The maximum atomic E-state index is 13.3. The molecule has 3 nitrogen and oxygen atoms in total. The van der Waals surface area contributed by atoms with Crippen LogP contribution in [0, 0.1) is 17.1 Å². The van der Waals surface area contributed by atoms with Crippen molar-refractivity contribution in [3.63, 3.8) is 0 Å². The second-order valence-corrected chi connectivity index (χ2v) is 5.24. The number of nitrogens with one attached hydrogen (secondary N) is 1. The molecule has 0 heterocycles. The number of carbonyl (C=O) groups is 1. The lowest BCUT2D eigenvalue weighted by Gasteiger charge is -2.05. The fourth-order valence-electron chi connectivity index (χ4n) is 1.63. The van der Waals surface area contributed by atoms with Gasteiger partial charge in [-0.3, -0.25) is 4.79 Å². The van der Waals surface area contributed by atoms with E-state index in [9.17, 15) is 9.18 Å². The Morgan fingerprint density at radius 2 is 1.90 bits per heavy atom. The average Bonchev–Trinajstić information content (AvgIpc) is 2.39. The Kier molecular flexibility index (Phi) is 4.38. The van der Waals surface area contributed by atoms with Gasteiger partial charge >= 0.3 is 0 Å². The zero-order valence-corrected chi connectivity index (χ0v) is 11.5. The van der Waals surface area contributed by atoms with E-state index in [1.54, 1.807) is 18.2 Å². The highest BCUT2D eigenvalue weighted by Gasteiger charge is 2.03. The van der Waals surface area contributed by atoms with Crippen molar-refractivity contribution in [2.45, 2.75) is 16.7 Å². The van der Waals surface area contributed by atoms with E-state index in [0.717, 1.165) is 4.90 Å². The summed E-state index contributed by atoms with van der Waals surface area (Å²) < 4.78 is 13.3. The standard InChI is InChI=1S/C15H11FN2OS/c1-10(19)18-13-2-4-14(5-3-13)20-15-7-11(9-17)6-12(16)8-15/h2-8H,1H3,(H,18,19). The normalized spacial score (nSPS) is 9.85. The van der Waals surface area contributed by atoms with E-state index < -0.39 is 5.82 Å². The predicted molar refractivity (Wildman–Crippen MR) is 76.0 cm³/mol. The maximum absolute atomic E-state index is 13.3. The Hall–Kier alpha value is -2.32. The monoisotopic (exact) mass is 286 g/mol. The van der Waals surface area contributed by atoms with Crippen LogP contribution in [0.4, 0.5) is 10.1 Å². The minimum atomic E-state index is -0.429. The highest BCUT2D eigenvalue weighted by Crippen LogP contribution is 2.29. The average molecular weight is 286 g/mol. The Morgan fingerprint density at radius 3 is 2.50 bits per heavy atom. The molecule has 1 amide bonds. The molecule has 0 saturated carbocycles. The van der Waals surface area contributed by atoms with Crippen LogP contribution in [0.25, 0.3) is 0 Å². The number of rotatable bonds is 3. The number of benzene rings is 2. The van der Waals surface area contributed by atoms with E-state index in [2.05, 4.69) is 5.32 Å². The molecule has 0 aliphatic carbocycles.